The van der Waals surface area contributed by atoms with Crippen LogP contribution >= 0.6 is 0 Å². The van der Waals surface area contributed by atoms with Crippen molar-refractivity contribution in [1.29, 1.82) is 0 Å². The standard InChI is InChI=1S/C27H32N2O4.C8H16O3/c1-2-32-19-20-33-18-17-28-26(30)13-7-8-14-27(31)29-21-24-11-4-3-9-22(24)15-16-23-10-5-6-12-25(23)29;1-3-10-6-7-11-5-4-8(2)9/h3-6,9-12H,2,7-8,13-14,17-21H2,1H3,(H,28,30);3-7H2,1-2H3. The second kappa shape index (κ2) is 22.9. The van der Waals surface area contributed by atoms with Crippen molar-refractivity contribution >= 4 is 23.3 Å². The van der Waals surface area contributed by atoms with Crippen molar-refractivity contribution in [3.05, 3.63) is 65.2 Å². The first-order chi connectivity index (χ1) is 21.5. The van der Waals surface area contributed by atoms with Gasteiger partial charge in [-0.1, -0.05) is 42.2 Å². The maximum atomic E-state index is 13.1. The number of nitrogens with zero attached hydrogens (tertiary/aromatic N) is 1. The molecule has 0 saturated heterocycles. The summed E-state index contributed by atoms with van der Waals surface area (Å²) in [5, 5.41) is 2.85. The van der Waals surface area contributed by atoms with Crippen LogP contribution in [0, 0.1) is 11.8 Å². The minimum atomic E-state index is -0.0170. The van der Waals surface area contributed by atoms with Gasteiger partial charge >= 0.3 is 0 Å². The van der Waals surface area contributed by atoms with E-state index in [0.717, 1.165) is 29.0 Å². The third-order valence-corrected chi connectivity index (χ3v) is 6.54. The third kappa shape index (κ3) is 15.3. The molecule has 1 aliphatic heterocycles. The predicted molar refractivity (Wildman–Crippen MR) is 171 cm³/mol. The van der Waals surface area contributed by atoms with Crippen molar-refractivity contribution in [3.8, 4) is 11.8 Å². The number of rotatable bonds is 19. The highest BCUT2D eigenvalue weighted by Crippen LogP contribution is 2.26. The number of Topliss-reactive ketones (excluding diaryl/α,β-unsaturated/α-hetero) is 1. The third-order valence-electron chi connectivity index (χ3n) is 6.54. The Bertz CT molecular complexity index is 1200. The lowest BCUT2D eigenvalue weighted by molar-refractivity contribution is -0.122. The summed E-state index contributed by atoms with van der Waals surface area (Å²) < 4.78 is 20.7. The average Bonchev–Trinajstić information content (AvgIpc) is 3.02. The average molecular weight is 609 g/mol. The lowest BCUT2D eigenvalue weighted by Crippen LogP contribution is -2.31. The molecule has 0 fully saturated rings. The van der Waals surface area contributed by atoms with Gasteiger partial charge < -0.3 is 29.2 Å². The Morgan fingerprint density at radius 2 is 1.32 bits per heavy atom. The number of carbonyl (C=O) groups excluding carboxylic acids is 3. The zero-order valence-electron chi connectivity index (χ0n) is 26.5. The number of ketones is 1. The quantitative estimate of drug-likeness (QED) is 0.183. The molecule has 0 aliphatic carbocycles. The monoisotopic (exact) mass is 608 g/mol. The topological polar surface area (TPSA) is 103 Å². The van der Waals surface area contributed by atoms with Gasteiger partial charge in [0.15, 0.2) is 0 Å². The van der Waals surface area contributed by atoms with Crippen LogP contribution in [0.1, 0.15) is 69.6 Å². The SMILES string of the molecule is CCOCCOCCC(C)=O.CCOCCOCCNC(=O)CCCCC(=O)N1Cc2ccccc2C#Cc2ccccc21. The van der Waals surface area contributed by atoms with Crippen LogP contribution in [0.25, 0.3) is 0 Å². The maximum absolute atomic E-state index is 13.1. The van der Waals surface area contributed by atoms with Crippen LogP contribution in [0.5, 0.6) is 0 Å². The van der Waals surface area contributed by atoms with Gasteiger partial charge in [0.05, 0.1) is 51.9 Å². The molecule has 240 valence electrons. The van der Waals surface area contributed by atoms with Crippen LogP contribution in [0.15, 0.2) is 48.5 Å². The van der Waals surface area contributed by atoms with Crippen molar-refractivity contribution in [1.82, 2.24) is 5.32 Å². The van der Waals surface area contributed by atoms with Crippen molar-refractivity contribution in [3.63, 3.8) is 0 Å². The van der Waals surface area contributed by atoms with E-state index in [1.54, 1.807) is 6.92 Å². The fourth-order valence-electron chi connectivity index (χ4n) is 4.20. The maximum Gasteiger partial charge on any atom is 0.227 e. The number of ether oxygens (including phenoxy) is 4. The molecule has 0 atom stereocenters. The largest absolute Gasteiger partial charge is 0.379 e. The van der Waals surface area contributed by atoms with Crippen molar-refractivity contribution in [2.75, 3.05) is 64.3 Å². The zero-order chi connectivity index (χ0) is 31.8. The van der Waals surface area contributed by atoms with Crippen LogP contribution in [-0.2, 0) is 39.9 Å². The van der Waals surface area contributed by atoms with Gasteiger partial charge in [-0.2, -0.15) is 0 Å². The number of anilines is 1. The molecule has 2 aromatic rings. The molecule has 0 bridgehead atoms. The van der Waals surface area contributed by atoms with Crippen LogP contribution in [0.4, 0.5) is 5.69 Å². The first-order valence-electron chi connectivity index (χ1n) is 15.5. The number of benzene rings is 2. The summed E-state index contributed by atoms with van der Waals surface area (Å²) in [4.78, 5) is 37.4. The summed E-state index contributed by atoms with van der Waals surface area (Å²) in [6.07, 6.45) is 2.61. The fraction of sp³-hybridized carbons (Fsp3) is 0.514. The Morgan fingerprint density at radius 1 is 0.727 bits per heavy atom. The Hall–Kier alpha value is -3.55. The van der Waals surface area contributed by atoms with Crippen molar-refractivity contribution < 1.29 is 33.3 Å². The molecule has 2 amide bonds. The zero-order valence-corrected chi connectivity index (χ0v) is 26.5. The summed E-state index contributed by atoms with van der Waals surface area (Å²) in [6.45, 7) is 11.1. The minimum Gasteiger partial charge on any atom is -0.379 e. The van der Waals surface area contributed by atoms with Gasteiger partial charge in [0.2, 0.25) is 11.8 Å². The number of fused-ring (bicyclic) bond motifs is 2. The van der Waals surface area contributed by atoms with Gasteiger partial charge in [0, 0.05) is 50.1 Å². The second-order valence-corrected chi connectivity index (χ2v) is 10.0. The van der Waals surface area contributed by atoms with Gasteiger partial charge in [-0.25, -0.2) is 0 Å². The van der Waals surface area contributed by atoms with Crippen LogP contribution in [0.2, 0.25) is 0 Å². The highest BCUT2D eigenvalue weighted by Gasteiger charge is 2.20. The molecular weight excluding hydrogens is 560 g/mol. The fourth-order valence-corrected chi connectivity index (χ4v) is 4.20. The van der Waals surface area contributed by atoms with E-state index in [1.807, 2.05) is 67.3 Å². The van der Waals surface area contributed by atoms with E-state index in [1.165, 1.54) is 0 Å². The summed E-state index contributed by atoms with van der Waals surface area (Å²) in [5.41, 5.74) is 3.67. The molecule has 0 saturated carbocycles. The normalized spacial score (nSPS) is 11.5. The van der Waals surface area contributed by atoms with Gasteiger partial charge in [0.25, 0.3) is 0 Å². The summed E-state index contributed by atoms with van der Waals surface area (Å²) in [7, 11) is 0. The van der Waals surface area contributed by atoms with E-state index in [2.05, 4.69) is 17.2 Å². The van der Waals surface area contributed by atoms with Gasteiger partial charge in [-0.15, -0.1) is 0 Å². The second-order valence-electron chi connectivity index (χ2n) is 10.0. The molecule has 0 aromatic heterocycles. The number of para-hydroxylation sites is 1. The lowest BCUT2D eigenvalue weighted by Gasteiger charge is -2.26. The molecule has 0 unspecified atom stereocenters. The van der Waals surface area contributed by atoms with Crippen molar-refractivity contribution in [2.24, 2.45) is 0 Å². The van der Waals surface area contributed by atoms with E-state index in [4.69, 9.17) is 18.9 Å². The molecular formula is C35H48N2O7. The number of hydrogen-bond acceptors (Lipinski definition) is 7. The first kappa shape index (κ1) is 36.6. The molecule has 9 nitrogen and oxygen atoms in total. The van der Waals surface area contributed by atoms with E-state index in [0.29, 0.717) is 91.4 Å². The van der Waals surface area contributed by atoms with Crippen molar-refractivity contribution in [2.45, 2.75) is 59.4 Å². The first-order valence-corrected chi connectivity index (χ1v) is 15.5. The summed E-state index contributed by atoms with van der Waals surface area (Å²) >= 11 is 0. The van der Waals surface area contributed by atoms with Gasteiger partial charge in [0.1, 0.15) is 5.78 Å². The predicted octanol–water partition coefficient (Wildman–Crippen LogP) is 4.68. The van der Waals surface area contributed by atoms with E-state index in [9.17, 15) is 14.4 Å². The molecule has 1 N–H and O–H groups in total. The summed E-state index contributed by atoms with van der Waals surface area (Å²) in [5.74, 6) is 6.64. The van der Waals surface area contributed by atoms with Crippen LogP contribution in [-0.4, -0.2) is 77.0 Å². The van der Waals surface area contributed by atoms with Gasteiger partial charge in [-0.05, 0) is 57.4 Å². The van der Waals surface area contributed by atoms with Crippen LogP contribution in [0.3, 0.4) is 0 Å². The molecule has 0 radical (unpaired) electrons. The van der Waals surface area contributed by atoms with E-state index < -0.39 is 0 Å². The smallest absolute Gasteiger partial charge is 0.227 e. The van der Waals surface area contributed by atoms with E-state index in [-0.39, 0.29) is 17.6 Å². The molecule has 44 heavy (non-hydrogen) atoms. The Labute approximate surface area is 262 Å². The number of carbonyl (C=O) groups is 3. The van der Waals surface area contributed by atoms with Gasteiger partial charge in [-0.3, -0.25) is 14.4 Å². The molecule has 9 heteroatoms. The molecule has 2 aromatic carbocycles. The number of unbranched alkanes of at least 4 members (excludes halogenated alkanes) is 1. The number of amides is 2. The highest BCUT2D eigenvalue weighted by molar-refractivity contribution is 5.95. The van der Waals surface area contributed by atoms with E-state index >= 15 is 0 Å². The van der Waals surface area contributed by atoms with Crippen LogP contribution < -0.4 is 10.2 Å². The summed E-state index contributed by atoms with van der Waals surface area (Å²) in [6, 6.07) is 15.7. The Kier molecular flexibility index (Phi) is 19.1. The number of hydrogen-bond donors (Lipinski definition) is 1. The molecule has 1 aliphatic rings. The number of nitrogens with one attached hydrogen (secondary N) is 1. The Morgan fingerprint density at radius 3 is 2.02 bits per heavy atom. The molecule has 3 rings (SSSR count). The molecule has 1 heterocycles. The molecule has 0 spiro atoms. The lowest BCUT2D eigenvalue weighted by atomic mass is 10.0. The minimum absolute atomic E-state index is 0.0170. The Balaban J connectivity index is 0.000000523. The highest BCUT2D eigenvalue weighted by atomic mass is 16.5.